The predicted molar refractivity (Wildman–Crippen MR) is 91.4 cm³/mol. The molecule has 4 bridgehead atoms. The SMILES string of the molecule is CNc1nc(C)cc(NC[C@@H](O)C23CC4CC(CC(C4)C2)C3)n1. The number of aliphatic hydroxyl groups is 1. The molecule has 5 heteroatoms. The highest BCUT2D eigenvalue weighted by Gasteiger charge is 2.53. The molecule has 0 aliphatic heterocycles. The highest BCUT2D eigenvalue weighted by atomic mass is 16.3. The monoisotopic (exact) mass is 316 g/mol. The molecule has 1 aromatic heterocycles. The second-order valence-corrected chi connectivity index (χ2v) is 8.14. The Kier molecular flexibility index (Phi) is 3.71. The minimum atomic E-state index is -0.274. The first-order valence-corrected chi connectivity index (χ1v) is 9.02. The summed E-state index contributed by atoms with van der Waals surface area (Å²) in [5.41, 5.74) is 1.09. The lowest BCUT2D eigenvalue weighted by molar-refractivity contribution is -0.115. The lowest BCUT2D eigenvalue weighted by Gasteiger charge is -2.58. The van der Waals surface area contributed by atoms with Crippen LogP contribution in [0.15, 0.2) is 6.07 Å². The van der Waals surface area contributed by atoms with Crippen LogP contribution in [0.4, 0.5) is 11.8 Å². The standard InChI is InChI=1S/C18H28N4O/c1-11-3-16(22-17(19-2)21-11)20-10-15(23)18-7-12-4-13(8-18)6-14(5-12)9-18/h3,12-15,23H,4-10H2,1-2H3,(H2,19,20,21,22)/t12?,13?,14?,15-,18?/m1/s1. The van der Waals surface area contributed by atoms with Crippen molar-refractivity contribution in [3.05, 3.63) is 11.8 Å². The Hall–Kier alpha value is -1.36. The van der Waals surface area contributed by atoms with Crippen LogP contribution in [0.5, 0.6) is 0 Å². The Bertz CT molecular complexity index is 553. The van der Waals surface area contributed by atoms with E-state index in [1.807, 2.05) is 20.0 Å². The van der Waals surface area contributed by atoms with Crippen LogP contribution >= 0.6 is 0 Å². The summed E-state index contributed by atoms with van der Waals surface area (Å²) in [5.74, 6) is 4.02. The van der Waals surface area contributed by atoms with Crippen molar-refractivity contribution in [1.29, 1.82) is 0 Å². The number of rotatable bonds is 5. The Morgan fingerprint density at radius 1 is 1.17 bits per heavy atom. The van der Waals surface area contributed by atoms with Crippen LogP contribution < -0.4 is 10.6 Å². The zero-order valence-electron chi connectivity index (χ0n) is 14.2. The number of nitrogens with zero attached hydrogens (tertiary/aromatic N) is 2. The summed E-state index contributed by atoms with van der Waals surface area (Å²) in [6.07, 6.45) is 7.65. The maximum Gasteiger partial charge on any atom is 0.224 e. The van der Waals surface area contributed by atoms with E-state index in [2.05, 4.69) is 20.6 Å². The van der Waals surface area contributed by atoms with Gasteiger partial charge in [0.05, 0.1) is 6.10 Å². The van der Waals surface area contributed by atoms with Gasteiger partial charge in [0, 0.05) is 25.4 Å². The van der Waals surface area contributed by atoms with Gasteiger partial charge >= 0.3 is 0 Å². The Morgan fingerprint density at radius 3 is 2.35 bits per heavy atom. The van der Waals surface area contributed by atoms with E-state index in [-0.39, 0.29) is 11.5 Å². The minimum absolute atomic E-state index is 0.162. The van der Waals surface area contributed by atoms with Crippen LogP contribution in [0, 0.1) is 30.1 Å². The summed E-state index contributed by atoms with van der Waals surface area (Å²) in [6, 6.07) is 1.94. The van der Waals surface area contributed by atoms with Crippen molar-refractivity contribution < 1.29 is 5.11 Å². The summed E-state index contributed by atoms with van der Waals surface area (Å²) < 4.78 is 0. The third-order valence-electron chi connectivity index (χ3n) is 6.35. The molecule has 1 aromatic rings. The molecule has 0 saturated heterocycles. The average Bonchev–Trinajstić information content (AvgIpc) is 2.50. The van der Waals surface area contributed by atoms with E-state index < -0.39 is 0 Å². The lowest BCUT2D eigenvalue weighted by Crippen LogP contribution is -2.53. The molecule has 0 spiro atoms. The van der Waals surface area contributed by atoms with E-state index in [4.69, 9.17) is 0 Å². The fourth-order valence-corrected chi connectivity index (χ4v) is 5.77. The van der Waals surface area contributed by atoms with Crippen molar-refractivity contribution in [1.82, 2.24) is 9.97 Å². The molecule has 4 aliphatic rings. The van der Waals surface area contributed by atoms with Crippen molar-refractivity contribution in [3.8, 4) is 0 Å². The number of hydrogen-bond acceptors (Lipinski definition) is 5. The van der Waals surface area contributed by atoms with E-state index in [1.165, 1.54) is 38.5 Å². The first-order valence-electron chi connectivity index (χ1n) is 9.02. The molecule has 0 radical (unpaired) electrons. The van der Waals surface area contributed by atoms with Crippen LogP contribution in [-0.2, 0) is 0 Å². The normalized spacial score (nSPS) is 36.0. The van der Waals surface area contributed by atoms with Crippen LogP contribution in [0.25, 0.3) is 0 Å². The molecule has 5 nitrogen and oxygen atoms in total. The molecule has 23 heavy (non-hydrogen) atoms. The van der Waals surface area contributed by atoms with E-state index in [0.29, 0.717) is 12.5 Å². The van der Waals surface area contributed by atoms with Gasteiger partial charge in [-0.2, -0.15) is 4.98 Å². The summed E-state index contributed by atoms with van der Waals surface area (Å²) in [7, 11) is 1.82. The van der Waals surface area contributed by atoms with Crippen molar-refractivity contribution in [2.24, 2.45) is 23.2 Å². The molecule has 3 N–H and O–H groups in total. The second-order valence-electron chi connectivity index (χ2n) is 8.14. The number of anilines is 2. The average molecular weight is 316 g/mol. The lowest BCUT2D eigenvalue weighted by atomic mass is 9.48. The first kappa shape index (κ1) is 15.2. The third-order valence-corrected chi connectivity index (χ3v) is 6.35. The summed E-state index contributed by atoms with van der Waals surface area (Å²) in [4.78, 5) is 8.74. The number of aromatic nitrogens is 2. The summed E-state index contributed by atoms with van der Waals surface area (Å²) in [6.45, 7) is 2.55. The molecule has 126 valence electrons. The van der Waals surface area contributed by atoms with Crippen LogP contribution in [0.1, 0.15) is 44.2 Å². The van der Waals surface area contributed by atoms with Gasteiger partial charge in [0.15, 0.2) is 0 Å². The van der Waals surface area contributed by atoms with E-state index in [0.717, 1.165) is 29.3 Å². The van der Waals surface area contributed by atoms with Crippen LogP contribution in [-0.4, -0.2) is 34.8 Å². The van der Waals surface area contributed by atoms with Gasteiger partial charge in [0.25, 0.3) is 0 Å². The topological polar surface area (TPSA) is 70.1 Å². The fraction of sp³-hybridized carbons (Fsp3) is 0.778. The summed E-state index contributed by atoms with van der Waals surface area (Å²) >= 11 is 0. The maximum atomic E-state index is 11.0. The molecule has 4 saturated carbocycles. The van der Waals surface area contributed by atoms with E-state index >= 15 is 0 Å². The highest BCUT2D eigenvalue weighted by molar-refractivity contribution is 5.42. The first-order chi connectivity index (χ1) is 11.1. The minimum Gasteiger partial charge on any atom is -0.391 e. The number of nitrogens with one attached hydrogen (secondary N) is 2. The summed E-state index contributed by atoms with van der Waals surface area (Å²) in [5, 5.41) is 17.3. The van der Waals surface area contributed by atoms with Gasteiger partial charge in [-0.1, -0.05) is 0 Å². The van der Waals surface area contributed by atoms with Crippen molar-refractivity contribution >= 4 is 11.8 Å². The quantitative estimate of drug-likeness (QED) is 0.779. The zero-order chi connectivity index (χ0) is 16.0. The molecular formula is C18H28N4O. The second kappa shape index (κ2) is 5.62. The van der Waals surface area contributed by atoms with Gasteiger partial charge in [-0.3, -0.25) is 0 Å². The Morgan fingerprint density at radius 2 is 1.78 bits per heavy atom. The molecule has 0 amide bonds. The molecule has 1 heterocycles. The number of aryl methyl sites for hydroxylation is 1. The van der Waals surface area contributed by atoms with Gasteiger partial charge < -0.3 is 15.7 Å². The van der Waals surface area contributed by atoms with Gasteiger partial charge in [-0.25, -0.2) is 4.98 Å². The molecule has 0 unspecified atom stereocenters. The Labute approximate surface area is 138 Å². The van der Waals surface area contributed by atoms with E-state index in [1.54, 1.807) is 0 Å². The highest BCUT2D eigenvalue weighted by Crippen LogP contribution is 2.61. The van der Waals surface area contributed by atoms with Crippen molar-refractivity contribution in [2.75, 3.05) is 24.2 Å². The van der Waals surface area contributed by atoms with Crippen LogP contribution in [0.2, 0.25) is 0 Å². The van der Waals surface area contributed by atoms with E-state index in [9.17, 15) is 5.11 Å². The van der Waals surface area contributed by atoms with Gasteiger partial charge in [-0.15, -0.1) is 0 Å². The molecule has 0 aromatic carbocycles. The molecular weight excluding hydrogens is 288 g/mol. The Balaban J connectivity index is 1.44. The fourth-order valence-electron chi connectivity index (χ4n) is 5.77. The molecule has 4 fully saturated rings. The number of aliphatic hydroxyl groups excluding tert-OH is 1. The van der Waals surface area contributed by atoms with Gasteiger partial charge in [-0.05, 0) is 68.6 Å². The largest absolute Gasteiger partial charge is 0.391 e. The van der Waals surface area contributed by atoms with Crippen molar-refractivity contribution in [3.63, 3.8) is 0 Å². The third kappa shape index (κ3) is 2.80. The zero-order valence-corrected chi connectivity index (χ0v) is 14.2. The smallest absolute Gasteiger partial charge is 0.224 e. The molecule has 4 aliphatic carbocycles. The maximum absolute atomic E-state index is 11.0. The van der Waals surface area contributed by atoms with Crippen molar-refractivity contribution in [2.45, 2.75) is 51.6 Å². The number of hydrogen-bond donors (Lipinski definition) is 3. The molecule has 5 rings (SSSR count). The van der Waals surface area contributed by atoms with Crippen LogP contribution in [0.3, 0.4) is 0 Å². The molecule has 1 atom stereocenters. The predicted octanol–water partition coefficient (Wildman–Crippen LogP) is 2.82. The van der Waals surface area contributed by atoms with Gasteiger partial charge in [0.1, 0.15) is 5.82 Å². The van der Waals surface area contributed by atoms with Gasteiger partial charge in [0.2, 0.25) is 5.95 Å².